The summed E-state index contributed by atoms with van der Waals surface area (Å²) in [5.74, 6) is -0.727. The summed E-state index contributed by atoms with van der Waals surface area (Å²) in [5.41, 5.74) is 0. The Morgan fingerprint density at radius 1 is 2.00 bits per heavy atom. The highest BCUT2D eigenvalue weighted by atomic mass is 16.5. The van der Waals surface area contributed by atoms with Gasteiger partial charge in [0.25, 0.3) is 7.11 Å². The summed E-state index contributed by atoms with van der Waals surface area (Å²) in [7, 11) is 5.89. The van der Waals surface area contributed by atoms with Crippen LogP contribution >= 0.6 is 0 Å². The molecule has 0 saturated carbocycles. The predicted octanol–water partition coefficient (Wildman–Crippen LogP) is 0.261. The van der Waals surface area contributed by atoms with Crippen LogP contribution in [0.4, 0.5) is 0 Å². The number of carbonyl (C=O) groups excluding carboxylic acids is 1. The fraction of sp³-hybridized carbons (Fsp3) is 0. The monoisotopic (exact) mass is 83.0 g/mol. The van der Waals surface area contributed by atoms with Crippen LogP contribution in [0.25, 0.3) is 0 Å². The standard InChI is InChI=1S/C4H3O2/c1-3-4(5)6-2/h3H,1H2. The van der Waals surface area contributed by atoms with Gasteiger partial charge in [0.05, 0.1) is 0 Å². The normalized spacial score (nSPS) is 6.83. The van der Waals surface area contributed by atoms with E-state index >= 15 is 0 Å². The highest BCUT2D eigenvalue weighted by Crippen LogP contribution is 1.70. The van der Waals surface area contributed by atoms with Crippen LogP contribution in [0.5, 0.6) is 0 Å². The Balaban J connectivity index is 3.23. The molecular formula is C4H3O2. The Morgan fingerprint density at radius 2 is 2.50 bits per heavy atom. The number of hydrogen-bond donors (Lipinski definition) is 0. The molecule has 0 aliphatic rings. The van der Waals surface area contributed by atoms with E-state index in [-0.39, 0.29) is 0 Å². The molecule has 0 saturated heterocycles. The summed E-state index contributed by atoms with van der Waals surface area (Å²) in [6, 6.07) is 0. The van der Waals surface area contributed by atoms with E-state index in [0.29, 0.717) is 0 Å². The maximum atomic E-state index is 9.65. The van der Waals surface area contributed by atoms with E-state index in [2.05, 4.69) is 11.3 Å². The maximum absolute atomic E-state index is 9.65. The molecule has 2 heteroatoms. The van der Waals surface area contributed by atoms with Gasteiger partial charge in [-0.1, -0.05) is 6.58 Å². The molecule has 0 bridgehead atoms. The van der Waals surface area contributed by atoms with Crippen LogP contribution in [0.2, 0.25) is 0 Å². The zero-order valence-electron chi connectivity index (χ0n) is 3.10. The third kappa shape index (κ3) is 1.52. The molecule has 3 radical (unpaired) electrons. The topological polar surface area (TPSA) is 26.3 Å². The van der Waals surface area contributed by atoms with Crippen LogP contribution in [0.15, 0.2) is 12.7 Å². The minimum Gasteiger partial charge on any atom is -0.442 e. The lowest BCUT2D eigenvalue weighted by Crippen LogP contribution is -1.89. The lowest BCUT2D eigenvalue weighted by atomic mass is 10.7. The Morgan fingerprint density at radius 3 is 2.50 bits per heavy atom. The van der Waals surface area contributed by atoms with Gasteiger partial charge in [0.1, 0.15) is 0 Å². The number of ether oxygens (including phenoxy) is 1. The van der Waals surface area contributed by atoms with Crippen molar-refractivity contribution < 1.29 is 9.53 Å². The van der Waals surface area contributed by atoms with Gasteiger partial charge < -0.3 is 4.74 Å². The van der Waals surface area contributed by atoms with E-state index in [9.17, 15) is 4.79 Å². The third-order valence-corrected chi connectivity index (χ3v) is 0.267. The lowest BCUT2D eigenvalue weighted by molar-refractivity contribution is -0.132. The van der Waals surface area contributed by atoms with Crippen LogP contribution < -0.4 is 0 Å². The Bertz CT molecular complexity index is 65.9. The first-order valence-corrected chi connectivity index (χ1v) is 1.31. The zero-order chi connectivity index (χ0) is 4.99. The number of rotatable bonds is 1. The summed E-state index contributed by atoms with van der Waals surface area (Å²) >= 11 is 0. The van der Waals surface area contributed by atoms with Crippen molar-refractivity contribution in [1.82, 2.24) is 0 Å². The van der Waals surface area contributed by atoms with Crippen LogP contribution in [-0.4, -0.2) is 5.97 Å². The molecule has 31 valence electrons. The quantitative estimate of drug-likeness (QED) is 0.336. The van der Waals surface area contributed by atoms with Crippen molar-refractivity contribution in [2.75, 3.05) is 0 Å². The summed E-state index contributed by atoms with van der Waals surface area (Å²) < 4.78 is 3.39. The molecule has 0 spiro atoms. The van der Waals surface area contributed by atoms with Gasteiger partial charge in [-0.05, 0) is 0 Å². The van der Waals surface area contributed by atoms with Crippen molar-refractivity contribution in [3.8, 4) is 0 Å². The van der Waals surface area contributed by atoms with Crippen LogP contribution in [0.3, 0.4) is 0 Å². The van der Waals surface area contributed by atoms with E-state index in [1.54, 1.807) is 0 Å². The molecule has 0 atom stereocenters. The van der Waals surface area contributed by atoms with Crippen LogP contribution in [-0.2, 0) is 9.53 Å². The number of esters is 1. The van der Waals surface area contributed by atoms with Crippen molar-refractivity contribution in [3.63, 3.8) is 0 Å². The first kappa shape index (κ1) is 5.21. The van der Waals surface area contributed by atoms with E-state index in [0.717, 1.165) is 6.08 Å². The first-order chi connectivity index (χ1) is 2.81. The molecule has 0 unspecified atom stereocenters. The van der Waals surface area contributed by atoms with Crippen molar-refractivity contribution in [2.24, 2.45) is 0 Å². The second kappa shape index (κ2) is 2.45. The van der Waals surface area contributed by atoms with Gasteiger partial charge in [-0.2, -0.15) is 0 Å². The van der Waals surface area contributed by atoms with Gasteiger partial charge >= 0.3 is 5.97 Å². The molecule has 6 heavy (non-hydrogen) atoms. The average Bonchev–Trinajstić information content (AvgIpc) is 1.65. The fourth-order valence-corrected chi connectivity index (χ4v) is 0.0417. The van der Waals surface area contributed by atoms with Gasteiger partial charge in [0.2, 0.25) is 0 Å². The van der Waals surface area contributed by atoms with Gasteiger partial charge in [0.15, 0.2) is 0 Å². The van der Waals surface area contributed by atoms with Crippen molar-refractivity contribution in [1.29, 1.82) is 0 Å². The minimum atomic E-state index is -0.727. The highest BCUT2D eigenvalue weighted by molar-refractivity contribution is 5.81. The predicted molar refractivity (Wildman–Crippen MR) is 19.5 cm³/mol. The Kier molecular flexibility index (Phi) is 2.13. The highest BCUT2D eigenvalue weighted by Gasteiger charge is 1.83. The van der Waals surface area contributed by atoms with Gasteiger partial charge in [-0.25, -0.2) is 4.79 Å². The molecule has 0 aliphatic heterocycles. The SMILES string of the molecule is [C]OC(=O)C=C. The average molecular weight is 83.1 g/mol. The molecule has 0 fully saturated rings. The third-order valence-electron chi connectivity index (χ3n) is 0.267. The van der Waals surface area contributed by atoms with E-state index < -0.39 is 5.97 Å². The van der Waals surface area contributed by atoms with Crippen molar-refractivity contribution in [3.05, 3.63) is 19.8 Å². The molecular weight excluding hydrogens is 80.0 g/mol. The first-order valence-electron chi connectivity index (χ1n) is 1.31. The summed E-state index contributed by atoms with van der Waals surface area (Å²) in [6.45, 7) is 3.04. The van der Waals surface area contributed by atoms with E-state index in [1.165, 1.54) is 0 Å². The molecule has 0 rings (SSSR count). The molecule has 2 nitrogen and oxygen atoms in total. The summed E-state index contributed by atoms with van der Waals surface area (Å²) in [5, 5.41) is 0. The lowest BCUT2D eigenvalue weighted by Gasteiger charge is -1.80. The van der Waals surface area contributed by atoms with E-state index in [1.807, 2.05) is 0 Å². The van der Waals surface area contributed by atoms with Gasteiger partial charge in [-0.3, -0.25) is 0 Å². The summed E-state index contributed by atoms with van der Waals surface area (Å²) in [4.78, 5) is 9.65. The Labute approximate surface area is 36.4 Å². The molecule has 0 heterocycles. The smallest absolute Gasteiger partial charge is 0.331 e. The van der Waals surface area contributed by atoms with Crippen LogP contribution in [0, 0.1) is 7.11 Å². The minimum absolute atomic E-state index is 0.727. The summed E-state index contributed by atoms with van der Waals surface area (Å²) in [6.07, 6.45) is 0.924. The molecule has 0 aromatic heterocycles. The number of hydrogen-bond acceptors (Lipinski definition) is 2. The van der Waals surface area contributed by atoms with Crippen molar-refractivity contribution in [2.45, 2.75) is 0 Å². The van der Waals surface area contributed by atoms with E-state index in [4.69, 9.17) is 7.11 Å². The molecule has 0 aromatic rings. The molecule has 0 aliphatic carbocycles. The van der Waals surface area contributed by atoms with Gasteiger partial charge in [-0.15, -0.1) is 0 Å². The largest absolute Gasteiger partial charge is 0.442 e. The van der Waals surface area contributed by atoms with Gasteiger partial charge in [0, 0.05) is 6.08 Å². The zero-order valence-corrected chi connectivity index (χ0v) is 3.10. The maximum Gasteiger partial charge on any atom is 0.331 e. The fourth-order valence-electron chi connectivity index (χ4n) is 0.0417. The molecule has 0 aromatic carbocycles. The van der Waals surface area contributed by atoms with Crippen LogP contribution in [0.1, 0.15) is 0 Å². The van der Waals surface area contributed by atoms with Crippen molar-refractivity contribution >= 4 is 5.97 Å². The Hall–Kier alpha value is -0.790. The second-order valence-electron chi connectivity index (χ2n) is 0.625. The second-order valence-corrected chi connectivity index (χ2v) is 0.625. The number of carbonyl (C=O) groups is 1. The molecule has 0 amide bonds. The molecule has 0 N–H and O–H groups in total.